The highest BCUT2D eigenvalue weighted by Gasteiger charge is 2.25. The van der Waals surface area contributed by atoms with Gasteiger partial charge < -0.3 is 15.1 Å². The predicted molar refractivity (Wildman–Crippen MR) is 154 cm³/mol. The molecule has 9 heteroatoms. The summed E-state index contributed by atoms with van der Waals surface area (Å²) in [5, 5.41) is 21.0. The fourth-order valence-electron chi connectivity index (χ4n) is 4.57. The summed E-state index contributed by atoms with van der Waals surface area (Å²) in [6.45, 7) is 2.89. The summed E-state index contributed by atoms with van der Waals surface area (Å²) in [6.07, 6.45) is 7.04. The van der Waals surface area contributed by atoms with Crippen molar-refractivity contribution in [3.05, 3.63) is 105 Å². The van der Waals surface area contributed by atoms with Crippen LogP contribution in [0.25, 0.3) is 11.1 Å². The highest BCUT2D eigenvalue weighted by Crippen LogP contribution is 2.38. The van der Waals surface area contributed by atoms with Crippen LogP contribution in [0.1, 0.15) is 37.8 Å². The van der Waals surface area contributed by atoms with E-state index in [2.05, 4.69) is 0 Å². The fourth-order valence-corrected chi connectivity index (χ4v) is 5.88. The van der Waals surface area contributed by atoms with Crippen molar-refractivity contribution in [2.45, 2.75) is 50.2 Å². The molecule has 1 aliphatic rings. The quantitative estimate of drug-likeness (QED) is 0.298. The highest BCUT2D eigenvalue weighted by molar-refractivity contribution is 7.84. The summed E-state index contributed by atoms with van der Waals surface area (Å²) in [7, 11) is -1.51. The van der Waals surface area contributed by atoms with E-state index in [1.807, 2.05) is 17.2 Å². The van der Waals surface area contributed by atoms with Gasteiger partial charge in [-0.2, -0.15) is 0 Å². The first kappa shape index (κ1) is 29.4. The van der Waals surface area contributed by atoms with E-state index >= 15 is 0 Å². The van der Waals surface area contributed by atoms with E-state index in [9.17, 15) is 23.2 Å². The molecule has 0 aliphatic carbocycles. The molecule has 0 fully saturated rings. The first-order valence-corrected chi connectivity index (χ1v) is 14.6. The second-order valence-corrected chi connectivity index (χ2v) is 12.1. The lowest BCUT2D eigenvalue weighted by Gasteiger charge is -2.28. The summed E-state index contributed by atoms with van der Waals surface area (Å²) in [4.78, 5) is 2.12. The zero-order valence-corrected chi connectivity index (χ0v) is 24.1. The molecule has 0 saturated heterocycles. The third-order valence-corrected chi connectivity index (χ3v) is 8.36. The van der Waals surface area contributed by atoms with Crippen LogP contribution < -0.4 is 4.90 Å². The zero-order valence-electron chi connectivity index (χ0n) is 21.8. The van der Waals surface area contributed by atoms with Gasteiger partial charge in [-0.3, -0.25) is 4.21 Å². The van der Waals surface area contributed by atoms with Crippen molar-refractivity contribution in [1.82, 2.24) is 0 Å². The first-order valence-electron chi connectivity index (χ1n) is 12.3. The van der Waals surface area contributed by atoms with Gasteiger partial charge in [0, 0.05) is 40.1 Å². The van der Waals surface area contributed by atoms with E-state index < -0.39 is 34.6 Å². The van der Waals surface area contributed by atoms with Crippen LogP contribution in [0.2, 0.25) is 10.0 Å². The molecule has 0 saturated carbocycles. The molecule has 3 aromatic rings. The Kier molecular flexibility index (Phi) is 8.98. The average molecular weight is 593 g/mol. The van der Waals surface area contributed by atoms with Crippen molar-refractivity contribution in [2.24, 2.45) is 0 Å². The Morgan fingerprint density at radius 3 is 2.38 bits per heavy atom. The third kappa shape index (κ3) is 6.61. The topological polar surface area (TPSA) is 60.8 Å². The Hall–Kier alpha value is -2.55. The lowest BCUT2D eigenvalue weighted by Crippen LogP contribution is -2.25. The molecular formula is C30H29Cl2F2NO3S. The molecule has 0 bridgehead atoms. The van der Waals surface area contributed by atoms with Gasteiger partial charge in [0.2, 0.25) is 0 Å². The van der Waals surface area contributed by atoms with Crippen molar-refractivity contribution in [2.75, 3.05) is 11.2 Å². The Balaban J connectivity index is 1.80. The molecule has 1 unspecified atom stereocenters. The zero-order chi connectivity index (χ0) is 28.5. The maximum absolute atomic E-state index is 14.7. The van der Waals surface area contributed by atoms with Crippen LogP contribution in [0, 0.1) is 11.6 Å². The molecule has 0 amide bonds. The standard InChI is InChI=1S/C30H29Cl2F2NO3S/c1-30(2,37)21-5-4-6-23(11-19-7-9-22(33)15-25(19)31)35(16-21)28-10-8-18(12-26(28)32)20-13-27(34)24(17-36)29(14-20)39(3)38/h6-10,12-16,36-37H,4-5,11,17H2,1-3H3. The number of rotatable bonds is 7. The smallest absolute Gasteiger partial charge is 0.130 e. The fraction of sp³-hybridized carbons (Fsp3) is 0.267. The normalized spacial score (nSPS) is 15.1. The van der Waals surface area contributed by atoms with Crippen LogP contribution in [0.3, 0.4) is 0 Å². The number of allylic oxidation sites excluding steroid dienone is 2. The Morgan fingerprint density at radius 2 is 1.77 bits per heavy atom. The molecule has 4 nitrogen and oxygen atoms in total. The van der Waals surface area contributed by atoms with Gasteiger partial charge in [0.15, 0.2) is 0 Å². The van der Waals surface area contributed by atoms with E-state index in [4.69, 9.17) is 23.2 Å². The van der Waals surface area contributed by atoms with Crippen molar-refractivity contribution in [3.63, 3.8) is 0 Å². The molecule has 4 rings (SSSR count). The summed E-state index contributed by atoms with van der Waals surface area (Å²) in [6, 6.07) is 12.4. The van der Waals surface area contributed by atoms with E-state index in [1.165, 1.54) is 24.5 Å². The van der Waals surface area contributed by atoms with Crippen molar-refractivity contribution >= 4 is 39.7 Å². The van der Waals surface area contributed by atoms with Gasteiger partial charge in [-0.1, -0.05) is 41.4 Å². The van der Waals surface area contributed by atoms with Crippen LogP contribution in [-0.2, 0) is 23.8 Å². The number of benzene rings is 3. The molecule has 0 aromatic heterocycles. The summed E-state index contributed by atoms with van der Waals surface area (Å²) >= 11 is 13.2. The Bertz CT molecular complexity index is 1500. The minimum absolute atomic E-state index is 0.00499. The lowest BCUT2D eigenvalue weighted by atomic mass is 9.95. The predicted octanol–water partition coefficient (Wildman–Crippen LogP) is 7.55. The number of halogens is 4. The van der Waals surface area contributed by atoms with Gasteiger partial charge in [-0.05, 0) is 85.4 Å². The highest BCUT2D eigenvalue weighted by atomic mass is 35.5. The number of anilines is 1. The minimum atomic E-state index is -1.51. The van der Waals surface area contributed by atoms with Gasteiger partial charge in [-0.25, -0.2) is 8.78 Å². The lowest BCUT2D eigenvalue weighted by molar-refractivity contribution is 0.116. The van der Waals surface area contributed by atoms with E-state index in [0.29, 0.717) is 46.1 Å². The van der Waals surface area contributed by atoms with Crippen LogP contribution >= 0.6 is 23.2 Å². The van der Waals surface area contributed by atoms with Crippen LogP contribution in [0.5, 0.6) is 0 Å². The molecule has 2 N–H and O–H groups in total. The molecule has 206 valence electrons. The molecular weight excluding hydrogens is 563 g/mol. The molecule has 1 atom stereocenters. The minimum Gasteiger partial charge on any atom is -0.392 e. The number of hydrogen-bond acceptors (Lipinski definition) is 4. The second kappa shape index (κ2) is 11.9. The van der Waals surface area contributed by atoms with Gasteiger partial charge in [0.25, 0.3) is 0 Å². The molecule has 1 heterocycles. The van der Waals surface area contributed by atoms with Crippen molar-refractivity contribution in [3.8, 4) is 11.1 Å². The number of hydrogen-bond donors (Lipinski definition) is 2. The first-order chi connectivity index (χ1) is 18.4. The Labute approximate surface area is 239 Å². The molecule has 0 spiro atoms. The van der Waals surface area contributed by atoms with Gasteiger partial charge in [0.1, 0.15) is 11.6 Å². The molecule has 1 aliphatic heterocycles. The molecule has 39 heavy (non-hydrogen) atoms. The molecule has 3 aromatic carbocycles. The monoisotopic (exact) mass is 591 g/mol. The maximum atomic E-state index is 14.7. The summed E-state index contributed by atoms with van der Waals surface area (Å²) < 4.78 is 40.6. The van der Waals surface area contributed by atoms with Gasteiger partial charge in [0.05, 0.1) is 33.7 Å². The van der Waals surface area contributed by atoms with E-state index in [-0.39, 0.29) is 10.5 Å². The largest absolute Gasteiger partial charge is 0.392 e. The molecule has 0 radical (unpaired) electrons. The number of aliphatic hydroxyl groups excluding tert-OH is 1. The number of aliphatic hydroxyl groups is 2. The number of nitrogens with zero attached hydrogens (tertiary/aromatic N) is 1. The van der Waals surface area contributed by atoms with Crippen molar-refractivity contribution < 1.29 is 23.2 Å². The van der Waals surface area contributed by atoms with Crippen LogP contribution in [0.4, 0.5) is 14.5 Å². The van der Waals surface area contributed by atoms with Gasteiger partial charge >= 0.3 is 0 Å². The van der Waals surface area contributed by atoms with Gasteiger partial charge in [-0.15, -0.1) is 0 Å². The maximum Gasteiger partial charge on any atom is 0.130 e. The van der Waals surface area contributed by atoms with E-state index in [0.717, 1.165) is 16.8 Å². The van der Waals surface area contributed by atoms with Crippen LogP contribution in [0.15, 0.2) is 77.0 Å². The summed E-state index contributed by atoms with van der Waals surface area (Å²) in [5.41, 5.74) is 3.02. The SMILES string of the molecule is CS(=O)c1cc(-c2ccc(N3C=C(C(C)(C)O)CCC=C3Cc3ccc(F)cc3Cl)c(Cl)c2)cc(F)c1CO. The second-order valence-electron chi connectivity index (χ2n) is 9.94. The van der Waals surface area contributed by atoms with Crippen molar-refractivity contribution in [1.29, 1.82) is 0 Å². The van der Waals surface area contributed by atoms with E-state index in [1.54, 1.807) is 44.2 Å². The average Bonchev–Trinajstić information content (AvgIpc) is 3.07. The Morgan fingerprint density at radius 1 is 1.03 bits per heavy atom. The summed E-state index contributed by atoms with van der Waals surface area (Å²) in [5.74, 6) is -1.07. The third-order valence-electron chi connectivity index (χ3n) is 6.72. The van der Waals surface area contributed by atoms with Crippen LogP contribution in [-0.4, -0.2) is 26.3 Å².